The molecule has 5 heteroatoms. The highest BCUT2D eigenvalue weighted by Gasteiger charge is 2.37. The van der Waals surface area contributed by atoms with E-state index in [4.69, 9.17) is 5.73 Å². The molecule has 1 fully saturated rings. The maximum atomic E-state index is 11.8. The first-order valence-corrected chi connectivity index (χ1v) is 6.58. The summed E-state index contributed by atoms with van der Waals surface area (Å²) in [7, 11) is 0. The molecular weight excluding hydrogens is 222 g/mol. The zero-order valence-electron chi connectivity index (χ0n) is 9.40. The van der Waals surface area contributed by atoms with Gasteiger partial charge in [0, 0.05) is 18.0 Å². The normalized spacial score (nSPS) is 23.1. The van der Waals surface area contributed by atoms with E-state index in [2.05, 4.69) is 17.2 Å². The van der Waals surface area contributed by atoms with Crippen molar-refractivity contribution < 1.29 is 4.79 Å². The average molecular weight is 239 g/mol. The molecule has 2 rings (SSSR count). The van der Waals surface area contributed by atoms with Crippen LogP contribution in [0.25, 0.3) is 0 Å². The van der Waals surface area contributed by atoms with Crippen molar-refractivity contribution in [3.8, 4) is 0 Å². The summed E-state index contributed by atoms with van der Waals surface area (Å²) in [5.41, 5.74) is 5.96. The molecule has 1 heterocycles. The Hall–Kier alpha value is -0.940. The predicted octanol–water partition coefficient (Wildman–Crippen LogP) is 1.52. The second-order valence-electron chi connectivity index (χ2n) is 4.20. The van der Waals surface area contributed by atoms with Crippen LogP contribution in [0.4, 0.5) is 0 Å². The molecule has 0 radical (unpaired) electrons. The van der Waals surface area contributed by atoms with Crippen molar-refractivity contribution in [1.29, 1.82) is 0 Å². The van der Waals surface area contributed by atoms with Gasteiger partial charge in [-0.1, -0.05) is 13.3 Å². The fourth-order valence-corrected chi connectivity index (χ4v) is 2.52. The SMILES string of the molecule is CCCC1CC1NC(=O)c1csc(CN)n1. The second-order valence-corrected chi connectivity index (χ2v) is 5.14. The number of hydrogen-bond acceptors (Lipinski definition) is 4. The van der Waals surface area contributed by atoms with Gasteiger partial charge in [-0.25, -0.2) is 4.98 Å². The van der Waals surface area contributed by atoms with Crippen LogP contribution in [-0.2, 0) is 6.54 Å². The molecule has 2 atom stereocenters. The lowest BCUT2D eigenvalue weighted by Crippen LogP contribution is -2.27. The summed E-state index contributed by atoms with van der Waals surface area (Å²) in [6.45, 7) is 2.57. The van der Waals surface area contributed by atoms with Gasteiger partial charge in [-0.05, 0) is 18.8 Å². The molecule has 3 N–H and O–H groups in total. The number of rotatable bonds is 5. The highest BCUT2D eigenvalue weighted by Crippen LogP contribution is 2.34. The monoisotopic (exact) mass is 239 g/mol. The number of thiazole rings is 1. The molecule has 88 valence electrons. The van der Waals surface area contributed by atoms with Gasteiger partial charge in [0.1, 0.15) is 10.7 Å². The third kappa shape index (κ3) is 2.59. The van der Waals surface area contributed by atoms with Crippen LogP contribution in [0.1, 0.15) is 41.7 Å². The van der Waals surface area contributed by atoms with E-state index in [1.54, 1.807) is 5.38 Å². The maximum Gasteiger partial charge on any atom is 0.270 e. The maximum absolute atomic E-state index is 11.8. The molecule has 16 heavy (non-hydrogen) atoms. The minimum Gasteiger partial charge on any atom is -0.348 e. The molecule has 2 unspecified atom stereocenters. The molecule has 1 amide bonds. The highest BCUT2D eigenvalue weighted by atomic mass is 32.1. The zero-order valence-corrected chi connectivity index (χ0v) is 10.2. The molecule has 0 aromatic carbocycles. The summed E-state index contributed by atoms with van der Waals surface area (Å²) in [6.07, 6.45) is 3.51. The summed E-state index contributed by atoms with van der Waals surface area (Å²) in [4.78, 5) is 15.9. The number of aromatic nitrogens is 1. The summed E-state index contributed by atoms with van der Waals surface area (Å²) in [5.74, 6) is 0.626. The quantitative estimate of drug-likeness (QED) is 0.818. The first-order chi connectivity index (χ1) is 7.74. The first kappa shape index (κ1) is 11.5. The van der Waals surface area contributed by atoms with E-state index >= 15 is 0 Å². The largest absolute Gasteiger partial charge is 0.348 e. The van der Waals surface area contributed by atoms with Gasteiger partial charge in [-0.3, -0.25) is 4.79 Å². The molecule has 1 aromatic heterocycles. The van der Waals surface area contributed by atoms with Gasteiger partial charge in [-0.2, -0.15) is 0 Å². The van der Waals surface area contributed by atoms with Crippen LogP contribution >= 0.6 is 11.3 Å². The van der Waals surface area contributed by atoms with Crippen molar-refractivity contribution in [2.24, 2.45) is 11.7 Å². The van der Waals surface area contributed by atoms with Gasteiger partial charge >= 0.3 is 0 Å². The topological polar surface area (TPSA) is 68.0 Å². The Kier molecular flexibility index (Phi) is 3.56. The van der Waals surface area contributed by atoms with Crippen molar-refractivity contribution in [2.45, 2.75) is 38.8 Å². The van der Waals surface area contributed by atoms with Crippen LogP contribution in [0, 0.1) is 5.92 Å². The summed E-state index contributed by atoms with van der Waals surface area (Å²) < 4.78 is 0. The van der Waals surface area contributed by atoms with E-state index in [0.29, 0.717) is 24.2 Å². The van der Waals surface area contributed by atoms with Gasteiger partial charge in [-0.15, -0.1) is 11.3 Å². The van der Waals surface area contributed by atoms with Gasteiger partial charge in [0.15, 0.2) is 0 Å². The standard InChI is InChI=1S/C11H17N3OS/c1-2-3-7-4-8(7)14-11(15)9-6-16-10(5-12)13-9/h6-8H,2-5,12H2,1H3,(H,14,15). The molecule has 1 aliphatic rings. The van der Waals surface area contributed by atoms with Crippen LogP contribution in [0.2, 0.25) is 0 Å². The lowest BCUT2D eigenvalue weighted by molar-refractivity contribution is 0.0944. The van der Waals surface area contributed by atoms with Gasteiger partial charge in [0.2, 0.25) is 0 Å². The summed E-state index contributed by atoms with van der Waals surface area (Å²) in [6, 6.07) is 0.371. The number of hydrogen-bond donors (Lipinski definition) is 2. The average Bonchev–Trinajstić information content (AvgIpc) is 2.84. The Labute approximate surface area is 99.3 Å². The van der Waals surface area contributed by atoms with Crippen LogP contribution in [0.3, 0.4) is 0 Å². The number of nitrogens with two attached hydrogens (primary N) is 1. The fourth-order valence-electron chi connectivity index (χ4n) is 1.87. The van der Waals surface area contributed by atoms with Gasteiger partial charge in [0.05, 0.1) is 0 Å². The Morgan fingerprint density at radius 3 is 3.19 bits per heavy atom. The Morgan fingerprint density at radius 2 is 2.56 bits per heavy atom. The fraction of sp³-hybridized carbons (Fsp3) is 0.636. The number of carbonyl (C=O) groups is 1. The second kappa shape index (κ2) is 4.93. The molecule has 4 nitrogen and oxygen atoms in total. The third-order valence-corrected chi connectivity index (χ3v) is 3.73. The van der Waals surface area contributed by atoms with Crippen molar-refractivity contribution >= 4 is 17.2 Å². The van der Waals surface area contributed by atoms with Gasteiger partial charge < -0.3 is 11.1 Å². The molecule has 0 bridgehead atoms. The van der Waals surface area contributed by atoms with Crippen molar-refractivity contribution in [2.75, 3.05) is 0 Å². The number of amides is 1. The molecule has 1 aliphatic carbocycles. The molecule has 0 spiro atoms. The minimum absolute atomic E-state index is 0.0560. The smallest absolute Gasteiger partial charge is 0.270 e. The summed E-state index contributed by atoms with van der Waals surface area (Å²) >= 11 is 1.44. The van der Waals surface area contributed by atoms with Gasteiger partial charge in [0.25, 0.3) is 5.91 Å². The van der Waals surface area contributed by atoms with E-state index in [1.165, 1.54) is 24.2 Å². The molecule has 0 aliphatic heterocycles. The van der Waals surface area contributed by atoms with E-state index in [-0.39, 0.29) is 5.91 Å². The van der Waals surface area contributed by atoms with E-state index in [0.717, 1.165) is 11.4 Å². The van der Waals surface area contributed by atoms with Crippen molar-refractivity contribution in [3.63, 3.8) is 0 Å². The molecule has 0 saturated heterocycles. The van der Waals surface area contributed by atoms with Crippen LogP contribution in [-0.4, -0.2) is 16.9 Å². The number of nitrogens with one attached hydrogen (secondary N) is 1. The lowest BCUT2D eigenvalue weighted by atomic mass is 10.2. The zero-order chi connectivity index (χ0) is 11.5. The van der Waals surface area contributed by atoms with Crippen molar-refractivity contribution in [1.82, 2.24) is 10.3 Å². The minimum atomic E-state index is -0.0560. The first-order valence-electron chi connectivity index (χ1n) is 5.70. The predicted molar refractivity (Wildman–Crippen MR) is 64.3 cm³/mol. The third-order valence-electron chi connectivity index (χ3n) is 2.86. The van der Waals surface area contributed by atoms with Crippen LogP contribution in [0.5, 0.6) is 0 Å². The van der Waals surface area contributed by atoms with Crippen LogP contribution < -0.4 is 11.1 Å². The Balaban J connectivity index is 1.84. The van der Waals surface area contributed by atoms with Crippen molar-refractivity contribution in [3.05, 3.63) is 16.1 Å². The van der Waals surface area contributed by atoms with E-state index in [9.17, 15) is 4.79 Å². The highest BCUT2D eigenvalue weighted by molar-refractivity contribution is 7.09. The number of nitrogens with zero attached hydrogens (tertiary/aromatic N) is 1. The molecule has 1 aromatic rings. The Bertz CT molecular complexity index is 377. The number of carbonyl (C=O) groups excluding carboxylic acids is 1. The van der Waals surface area contributed by atoms with E-state index < -0.39 is 0 Å². The molecular formula is C11H17N3OS. The summed E-state index contributed by atoms with van der Waals surface area (Å²) in [5, 5.41) is 5.59. The Morgan fingerprint density at radius 1 is 1.75 bits per heavy atom. The van der Waals surface area contributed by atoms with E-state index in [1.807, 2.05) is 0 Å². The van der Waals surface area contributed by atoms with Crippen LogP contribution in [0.15, 0.2) is 5.38 Å². The lowest BCUT2D eigenvalue weighted by Gasteiger charge is -2.01. The molecule has 1 saturated carbocycles.